The first-order valence-corrected chi connectivity index (χ1v) is 8.56. The molecule has 2 atom stereocenters. The van der Waals surface area contributed by atoms with Crippen LogP contribution in [0.3, 0.4) is 0 Å². The number of nitrogens with one attached hydrogen (secondary N) is 2. The first-order valence-electron chi connectivity index (χ1n) is 7.12. The highest BCUT2D eigenvalue weighted by molar-refractivity contribution is 7.89. The molecule has 0 spiro atoms. The van der Waals surface area contributed by atoms with Crippen LogP contribution >= 0.6 is 0 Å². The second kappa shape index (κ2) is 5.83. The molecule has 2 rings (SSSR count). The molecule has 1 saturated heterocycles. The van der Waals surface area contributed by atoms with Crippen molar-refractivity contribution in [1.29, 1.82) is 0 Å². The number of aromatic nitrogens is 2. The topological polar surface area (TPSA) is 78.1 Å². The van der Waals surface area contributed by atoms with Crippen molar-refractivity contribution in [2.24, 2.45) is 11.8 Å². The molecule has 1 aromatic rings. The van der Waals surface area contributed by atoms with Crippen LogP contribution in [0.15, 0.2) is 5.03 Å². The minimum absolute atomic E-state index is 0.178. The lowest BCUT2D eigenvalue weighted by Gasteiger charge is -2.15. The van der Waals surface area contributed by atoms with Crippen molar-refractivity contribution in [3.63, 3.8) is 0 Å². The van der Waals surface area contributed by atoms with Gasteiger partial charge in [0.1, 0.15) is 0 Å². The van der Waals surface area contributed by atoms with Gasteiger partial charge in [-0.15, -0.1) is 0 Å². The number of hydrogen-bond acceptors (Lipinski definition) is 4. The lowest BCUT2D eigenvalue weighted by atomic mass is 10.0. The maximum atomic E-state index is 12.7. The van der Waals surface area contributed by atoms with Crippen LogP contribution in [0.25, 0.3) is 0 Å². The molecule has 2 N–H and O–H groups in total. The number of rotatable bonds is 5. The summed E-state index contributed by atoms with van der Waals surface area (Å²) in [5, 5.41) is 10.2. The molecule has 0 aliphatic carbocycles. The van der Waals surface area contributed by atoms with E-state index < -0.39 is 10.0 Å². The van der Waals surface area contributed by atoms with E-state index in [2.05, 4.69) is 29.4 Å². The Morgan fingerprint density at radius 3 is 2.50 bits per heavy atom. The van der Waals surface area contributed by atoms with E-state index in [-0.39, 0.29) is 5.03 Å². The van der Waals surface area contributed by atoms with Crippen LogP contribution in [0.2, 0.25) is 0 Å². The van der Waals surface area contributed by atoms with Gasteiger partial charge in [-0.05, 0) is 25.3 Å². The predicted molar refractivity (Wildman–Crippen MR) is 77.8 cm³/mol. The van der Waals surface area contributed by atoms with Gasteiger partial charge >= 0.3 is 0 Å². The number of hydrogen-bond donors (Lipinski definition) is 2. The molecule has 7 heteroatoms. The van der Waals surface area contributed by atoms with Crippen LogP contribution < -0.4 is 5.32 Å². The van der Waals surface area contributed by atoms with Crippen LogP contribution in [0.1, 0.15) is 32.0 Å². The molecule has 1 aliphatic rings. The molecule has 0 saturated carbocycles. The fourth-order valence-electron chi connectivity index (χ4n) is 2.50. The third-order valence-electron chi connectivity index (χ3n) is 4.13. The zero-order chi connectivity index (χ0) is 14.9. The van der Waals surface area contributed by atoms with Gasteiger partial charge in [0.2, 0.25) is 0 Å². The Balaban J connectivity index is 2.30. The Morgan fingerprint density at radius 2 is 1.95 bits per heavy atom. The smallest absolute Gasteiger partial charge is 0.262 e. The molecule has 2 unspecified atom stereocenters. The van der Waals surface area contributed by atoms with E-state index in [1.165, 1.54) is 0 Å². The van der Waals surface area contributed by atoms with Crippen LogP contribution in [0.5, 0.6) is 0 Å². The van der Waals surface area contributed by atoms with Crippen LogP contribution in [-0.4, -0.2) is 42.6 Å². The number of aryl methyl sites for hydroxylation is 1. The van der Waals surface area contributed by atoms with E-state index >= 15 is 0 Å². The molecular formula is C13H24N4O2S. The third kappa shape index (κ3) is 2.75. The van der Waals surface area contributed by atoms with E-state index in [4.69, 9.17) is 0 Å². The van der Waals surface area contributed by atoms with Crippen molar-refractivity contribution in [3.05, 3.63) is 11.3 Å². The average Bonchev–Trinajstić information content (AvgIpc) is 2.92. The van der Waals surface area contributed by atoms with Crippen molar-refractivity contribution in [3.8, 4) is 0 Å². The first kappa shape index (κ1) is 15.5. The predicted octanol–water partition coefficient (Wildman–Crippen LogP) is 1.10. The standard InChI is InChI=1S/C13H24N4O2S/c1-5-14-6-12-11(4)15-16-13(12)20(18,19)17-7-9(2)10(3)8-17/h9-10,14H,5-8H2,1-4H3,(H,15,16). The number of sulfonamides is 1. The number of nitrogens with zero attached hydrogens (tertiary/aromatic N) is 2. The molecular weight excluding hydrogens is 276 g/mol. The minimum atomic E-state index is -3.49. The second-order valence-corrected chi connectivity index (χ2v) is 7.54. The minimum Gasteiger partial charge on any atom is -0.313 e. The molecule has 20 heavy (non-hydrogen) atoms. The zero-order valence-electron chi connectivity index (χ0n) is 12.6. The Hall–Kier alpha value is -0.920. The van der Waals surface area contributed by atoms with E-state index in [1.54, 1.807) is 4.31 Å². The van der Waals surface area contributed by atoms with E-state index in [1.807, 2.05) is 13.8 Å². The fourth-order valence-corrected chi connectivity index (χ4v) is 4.30. The largest absolute Gasteiger partial charge is 0.313 e. The van der Waals surface area contributed by atoms with Crippen molar-refractivity contribution >= 4 is 10.0 Å². The van der Waals surface area contributed by atoms with E-state index in [0.29, 0.717) is 31.5 Å². The van der Waals surface area contributed by atoms with Gasteiger partial charge in [0.15, 0.2) is 5.03 Å². The van der Waals surface area contributed by atoms with Gasteiger partial charge in [-0.25, -0.2) is 8.42 Å². The van der Waals surface area contributed by atoms with Crippen LogP contribution in [-0.2, 0) is 16.6 Å². The molecule has 1 fully saturated rings. The Morgan fingerprint density at radius 1 is 1.35 bits per heavy atom. The van der Waals surface area contributed by atoms with Crippen molar-refractivity contribution < 1.29 is 8.42 Å². The van der Waals surface area contributed by atoms with Crippen molar-refractivity contribution in [1.82, 2.24) is 19.8 Å². The van der Waals surface area contributed by atoms with Gasteiger partial charge in [-0.3, -0.25) is 5.10 Å². The first-order chi connectivity index (χ1) is 9.37. The average molecular weight is 300 g/mol. The fraction of sp³-hybridized carbons (Fsp3) is 0.769. The van der Waals surface area contributed by atoms with Gasteiger partial charge in [0.25, 0.3) is 10.0 Å². The van der Waals surface area contributed by atoms with Crippen LogP contribution in [0, 0.1) is 18.8 Å². The molecule has 0 bridgehead atoms. The van der Waals surface area contributed by atoms with E-state index in [0.717, 1.165) is 17.8 Å². The molecule has 0 amide bonds. The quantitative estimate of drug-likeness (QED) is 0.854. The lowest BCUT2D eigenvalue weighted by Crippen LogP contribution is -2.30. The van der Waals surface area contributed by atoms with E-state index in [9.17, 15) is 8.42 Å². The van der Waals surface area contributed by atoms with Gasteiger partial charge in [0.05, 0.1) is 0 Å². The maximum Gasteiger partial charge on any atom is 0.262 e. The summed E-state index contributed by atoms with van der Waals surface area (Å²) < 4.78 is 27.0. The second-order valence-electron chi connectivity index (χ2n) is 5.69. The Labute approximate surface area is 121 Å². The molecule has 0 radical (unpaired) electrons. The third-order valence-corrected chi connectivity index (χ3v) is 5.93. The normalized spacial score (nSPS) is 24.4. The summed E-state index contributed by atoms with van der Waals surface area (Å²) in [6.45, 7) is 10.5. The summed E-state index contributed by atoms with van der Waals surface area (Å²) in [4.78, 5) is 0. The molecule has 6 nitrogen and oxygen atoms in total. The summed E-state index contributed by atoms with van der Waals surface area (Å²) in [6, 6.07) is 0. The Bertz CT molecular complexity index is 557. The van der Waals surface area contributed by atoms with Gasteiger partial charge in [0, 0.05) is 30.9 Å². The van der Waals surface area contributed by atoms with Crippen LogP contribution in [0.4, 0.5) is 0 Å². The highest BCUT2D eigenvalue weighted by Crippen LogP contribution is 2.29. The number of aromatic amines is 1. The Kier molecular flexibility index (Phi) is 4.51. The highest BCUT2D eigenvalue weighted by Gasteiger charge is 2.37. The van der Waals surface area contributed by atoms with Gasteiger partial charge < -0.3 is 5.32 Å². The summed E-state index contributed by atoms with van der Waals surface area (Å²) in [6.07, 6.45) is 0. The summed E-state index contributed by atoms with van der Waals surface area (Å²) in [5.74, 6) is 0.782. The molecule has 114 valence electrons. The summed E-state index contributed by atoms with van der Waals surface area (Å²) in [7, 11) is -3.49. The van der Waals surface area contributed by atoms with Crippen molar-refractivity contribution in [2.75, 3.05) is 19.6 Å². The maximum absolute atomic E-state index is 12.7. The molecule has 1 aromatic heterocycles. The van der Waals surface area contributed by atoms with Gasteiger partial charge in [-0.2, -0.15) is 9.40 Å². The van der Waals surface area contributed by atoms with Crippen molar-refractivity contribution in [2.45, 2.75) is 39.3 Å². The zero-order valence-corrected chi connectivity index (χ0v) is 13.4. The summed E-state index contributed by atoms with van der Waals surface area (Å²) in [5.41, 5.74) is 1.56. The SMILES string of the molecule is CCNCc1c(S(=O)(=O)N2CC(C)C(C)C2)n[nH]c1C. The van der Waals surface area contributed by atoms with Gasteiger partial charge in [-0.1, -0.05) is 20.8 Å². The lowest BCUT2D eigenvalue weighted by molar-refractivity contribution is 0.459. The molecule has 0 aromatic carbocycles. The monoisotopic (exact) mass is 300 g/mol. The summed E-state index contributed by atoms with van der Waals surface area (Å²) >= 11 is 0. The molecule has 1 aliphatic heterocycles. The molecule has 2 heterocycles. The highest BCUT2D eigenvalue weighted by atomic mass is 32.2. The number of H-pyrrole nitrogens is 1.